The van der Waals surface area contributed by atoms with Gasteiger partial charge in [0.15, 0.2) is 5.54 Å². The van der Waals surface area contributed by atoms with E-state index in [1.165, 1.54) is 11.0 Å². The second-order valence-corrected chi connectivity index (χ2v) is 9.20. The van der Waals surface area contributed by atoms with Crippen LogP contribution in [-0.2, 0) is 23.3 Å². The SMILES string of the molecule is CCc1ccc2c(c1)C(=O)N(CC1(c3cc4cc(-c5cc(=O)[nH]c(N)n5)ccc4o3)NC(=O)NC1=O)C2. The van der Waals surface area contributed by atoms with Crippen LogP contribution in [-0.4, -0.2) is 39.3 Å². The highest BCUT2D eigenvalue weighted by atomic mass is 16.3. The molecule has 0 radical (unpaired) electrons. The molecule has 4 aromatic rings. The average molecular weight is 498 g/mol. The Bertz CT molecular complexity index is 1690. The van der Waals surface area contributed by atoms with Gasteiger partial charge in [0.1, 0.15) is 11.3 Å². The predicted molar refractivity (Wildman–Crippen MR) is 133 cm³/mol. The van der Waals surface area contributed by atoms with Crippen molar-refractivity contribution in [2.75, 3.05) is 12.3 Å². The second-order valence-electron chi connectivity index (χ2n) is 9.20. The van der Waals surface area contributed by atoms with E-state index in [4.69, 9.17) is 10.2 Å². The zero-order valence-electron chi connectivity index (χ0n) is 19.8. The van der Waals surface area contributed by atoms with Crippen molar-refractivity contribution in [1.82, 2.24) is 25.5 Å². The number of rotatable bonds is 5. The minimum Gasteiger partial charge on any atom is -0.458 e. The molecule has 1 unspecified atom stereocenters. The van der Waals surface area contributed by atoms with E-state index in [0.717, 1.165) is 17.5 Å². The Morgan fingerprint density at radius 3 is 2.65 bits per heavy atom. The van der Waals surface area contributed by atoms with Crippen LogP contribution in [0, 0.1) is 0 Å². The van der Waals surface area contributed by atoms with Crippen molar-refractivity contribution in [2.24, 2.45) is 0 Å². The third-order valence-electron chi connectivity index (χ3n) is 6.82. The molecule has 37 heavy (non-hydrogen) atoms. The van der Waals surface area contributed by atoms with E-state index in [9.17, 15) is 19.2 Å². The van der Waals surface area contributed by atoms with Crippen molar-refractivity contribution < 1.29 is 18.8 Å². The smallest absolute Gasteiger partial charge is 0.322 e. The van der Waals surface area contributed by atoms with E-state index in [1.54, 1.807) is 24.3 Å². The monoisotopic (exact) mass is 498 g/mol. The molecule has 0 aliphatic carbocycles. The molecular weight excluding hydrogens is 476 g/mol. The number of hydrogen-bond donors (Lipinski definition) is 4. The lowest BCUT2D eigenvalue weighted by Gasteiger charge is -2.29. The van der Waals surface area contributed by atoms with E-state index in [2.05, 4.69) is 20.6 Å². The second kappa shape index (κ2) is 8.05. The number of anilines is 1. The Hall–Kier alpha value is -4.93. The molecule has 2 aromatic carbocycles. The van der Waals surface area contributed by atoms with Gasteiger partial charge in [-0.15, -0.1) is 0 Å². The maximum absolute atomic E-state index is 13.2. The molecule has 11 heteroatoms. The molecule has 11 nitrogen and oxygen atoms in total. The Kier molecular flexibility index (Phi) is 4.90. The lowest BCUT2D eigenvalue weighted by molar-refractivity contribution is -0.125. The third-order valence-corrected chi connectivity index (χ3v) is 6.82. The molecule has 6 rings (SSSR count). The third kappa shape index (κ3) is 3.63. The highest BCUT2D eigenvalue weighted by molar-refractivity contribution is 6.08. The molecule has 4 amide bonds. The molecule has 1 saturated heterocycles. The van der Waals surface area contributed by atoms with Gasteiger partial charge < -0.3 is 20.4 Å². The summed E-state index contributed by atoms with van der Waals surface area (Å²) >= 11 is 0. The van der Waals surface area contributed by atoms with Gasteiger partial charge in [-0.25, -0.2) is 9.78 Å². The van der Waals surface area contributed by atoms with Crippen molar-refractivity contribution >= 4 is 34.8 Å². The lowest BCUT2D eigenvalue weighted by atomic mass is 9.95. The quantitative estimate of drug-likeness (QED) is 0.306. The highest BCUT2D eigenvalue weighted by Crippen LogP contribution is 2.35. The topological polar surface area (TPSA) is 163 Å². The first kappa shape index (κ1) is 22.5. The van der Waals surface area contributed by atoms with Gasteiger partial charge in [0.2, 0.25) is 5.95 Å². The summed E-state index contributed by atoms with van der Waals surface area (Å²) in [6.07, 6.45) is 0.795. The van der Waals surface area contributed by atoms with Crippen molar-refractivity contribution in [2.45, 2.75) is 25.4 Å². The highest BCUT2D eigenvalue weighted by Gasteiger charge is 2.53. The number of aryl methyl sites for hydroxylation is 1. The number of imide groups is 1. The zero-order valence-corrected chi connectivity index (χ0v) is 19.8. The van der Waals surface area contributed by atoms with Crippen LogP contribution in [0.1, 0.15) is 34.2 Å². The zero-order chi connectivity index (χ0) is 25.9. The first-order valence-corrected chi connectivity index (χ1v) is 11.7. The largest absolute Gasteiger partial charge is 0.458 e. The number of fused-ring (bicyclic) bond motifs is 2. The Labute approximate surface area is 209 Å². The molecule has 0 saturated carbocycles. The van der Waals surface area contributed by atoms with Crippen LogP contribution < -0.4 is 21.9 Å². The lowest BCUT2D eigenvalue weighted by Crippen LogP contribution is -2.52. The predicted octanol–water partition coefficient (Wildman–Crippen LogP) is 2.02. The standard InChI is InChI=1S/C26H22N6O5/c1-2-13-3-4-15-11-32(22(34)17(15)7-13)12-26(23(35)30-25(36)31-26)20-9-16-8-14(5-6-19(16)37-20)18-10-21(33)29-24(27)28-18/h3-10H,2,11-12H2,1H3,(H3,27,28,29,33)(H2,30,31,35,36). The summed E-state index contributed by atoms with van der Waals surface area (Å²) in [4.78, 5) is 58.6. The number of nitrogen functional groups attached to an aromatic ring is 1. The summed E-state index contributed by atoms with van der Waals surface area (Å²) in [5, 5.41) is 5.59. The summed E-state index contributed by atoms with van der Waals surface area (Å²) in [6, 6.07) is 13.2. The van der Waals surface area contributed by atoms with Gasteiger partial charge >= 0.3 is 6.03 Å². The number of carbonyl (C=O) groups excluding carboxylic acids is 3. The Balaban J connectivity index is 1.39. The van der Waals surface area contributed by atoms with Crippen molar-refractivity contribution in [1.29, 1.82) is 0 Å². The summed E-state index contributed by atoms with van der Waals surface area (Å²) in [7, 11) is 0. The van der Waals surface area contributed by atoms with Crippen molar-refractivity contribution in [3.05, 3.63) is 81.3 Å². The number of benzene rings is 2. The van der Waals surface area contributed by atoms with E-state index in [1.807, 2.05) is 25.1 Å². The molecule has 0 bridgehead atoms. The van der Waals surface area contributed by atoms with Crippen molar-refractivity contribution in [3.63, 3.8) is 0 Å². The molecule has 2 aliphatic rings. The number of nitrogens with one attached hydrogen (secondary N) is 3. The van der Waals surface area contributed by atoms with E-state index in [0.29, 0.717) is 34.3 Å². The van der Waals surface area contributed by atoms with E-state index >= 15 is 0 Å². The van der Waals surface area contributed by atoms with Crippen LogP contribution in [0.2, 0.25) is 0 Å². The molecule has 1 fully saturated rings. The van der Waals surface area contributed by atoms with Gasteiger partial charge in [0.05, 0.1) is 12.2 Å². The summed E-state index contributed by atoms with van der Waals surface area (Å²) < 4.78 is 6.05. The minimum absolute atomic E-state index is 0.0119. The fourth-order valence-corrected chi connectivity index (χ4v) is 4.93. The number of aromatic amines is 1. The molecule has 1 atom stereocenters. The number of nitrogens with two attached hydrogens (primary N) is 1. The van der Waals surface area contributed by atoms with Crippen molar-refractivity contribution in [3.8, 4) is 11.3 Å². The van der Waals surface area contributed by atoms with Gasteiger partial charge in [-0.1, -0.05) is 19.1 Å². The first-order chi connectivity index (χ1) is 17.8. The Morgan fingerprint density at radius 2 is 1.92 bits per heavy atom. The average Bonchev–Trinajstić information content (AvgIpc) is 3.51. The molecular formula is C26H22N6O5. The molecule has 5 N–H and O–H groups in total. The number of H-pyrrole nitrogens is 1. The number of urea groups is 1. The number of nitrogens with zero attached hydrogens (tertiary/aromatic N) is 2. The normalized spacial score (nSPS) is 18.8. The van der Waals surface area contributed by atoms with E-state index in [-0.39, 0.29) is 29.7 Å². The number of carbonyl (C=O) groups is 3. The van der Waals surface area contributed by atoms with Crippen LogP contribution in [0.4, 0.5) is 10.7 Å². The van der Waals surface area contributed by atoms with Crippen LogP contribution in [0.3, 0.4) is 0 Å². The van der Waals surface area contributed by atoms with Gasteiger partial charge in [0.25, 0.3) is 17.4 Å². The van der Waals surface area contributed by atoms with Gasteiger partial charge in [-0.05, 0) is 47.9 Å². The molecule has 0 spiro atoms. The summed E-state index contributed by atoms with van der Waals surface area (Å²) in [6.45, 7) is 2.21. The van der Waals surface area contributed by atoms with Crippen LogP contribution in [0.15, 0.2) is 57.7 Å². The van der Waals surface area contributed by atoms with Crippen LogP contribution >= 0.6 is 0 Å². The number of hydrogen-bond acceptors (Lipinski definition) is 7. The summed E-state index contributed by atoms with van der Waals surface area (Å²) in [5.74, 6) is -0.657. The van der Waals surface area contributed by atoms with Gasteiger partial charge in [0, 0.05) is 29.1 Å². The van der Waals surface area contributed by atoms with Gasteiger partial charge in [-0.3, -0.25) is 24.7 Å². The fourth-order valence-electron chi connectivity index (χ4n) is 4.93. The Morgan fingerprint density at radius 1 is 1.08 bits per heavy atom. The van der Waals surface area contributed by atoms with Gasteiger partial charge in [-0.2, -0.15) is 0 Å². The van der Waals surface area contributed by atoms with E-state index < -0.39 is 17.5 Å². The maximum atomic E-state index is 13.2. The molecule has 186 valence electrons. The van der Waals surface area contributed by atoms with Crippen LogP contribution in [0.25, 0.3) is 22.2 Å². The minimum atomic E-state index is -1.62. The molecule has 4 heterocycles. The summed E-state index contributed by atoms with van der Waals surface area (Å²) in [5.41, 5.74) is 7.61. The number of amides is 4. The molecule has 2 aliphatic heterocycles. The van der Waals surface area contributed by atoms with Crippen LogP contribution in [0.5, 0.6) is 0 Å². The molecule has 2 aromatic heterocycles. The fraction of sp³-hybridized carbons (Fsp3) is 0.192. The number of aromatic nitrogens is 2. The first-order valence-electron chi connectivity index (χ1n) is 11.7. The number of furan rings is 1. The maximum Gasteiger partial charge on any atom is 0.322 e.